The van der Waals surface area contributed by atoms with E-state index in [1.54, 1.807) is 19.1 Å². The third-order valence-corrected chi connectivity index (χ3v) is 3.19. The van der Waals surface area contributed by atoms with Crippen molar-refractivity contribution in [2.24, 2.45) is 5.92 Å². The Morgan fingerprint density at radius 2 is 1.89 bits per heavy atom. The van der Waals surface area contributed by atoms with Gasteiger partial charge in [0, 0.05) is 5.56 Å². The highest BCUT2D eigenvalue weighted by Crippen LogP contribution is 2.36. The minimum atomic E-state index is -0.744. The molecule has 19 heavy (non-hydrogen) atoms. The summed E-state index contributed by atoms with van der Waals surface area (Å²) in [4.78, 5) is 23.9. The number of hydrogen-bond acceptors (Lipinski definition) is 5. The molecule has 0 radical (unpaired) electrons. The smallest absolute Gasteiger partial charge is 0.317 e. The van der Waals surface area contributed by atoms with Gasteiger partial charge in [0.05, 0.1) is 20.8 Å². The molecule has 0 unspecified atom stereocenters. The second-order valence-electron chi connectivity index (χ2n) is 4.24. The van der Waals surface area contributed by atoms with Crippen molar-refractivity contribution in [3.63, 3.8) is 0 Å². The molecular formula is C14H16O5. The molecule has 0 saturated heterocycles. The van der Waals surface area contributed by atoms with Gasteiger partial charge in [0.15, 0.2) is 17.3 Å². The molecule has 5 nitrogen and oxygen atoms in total. The van der Waals surface area contributed by atoms with Gasteiger partial charge in [0.2, 0.25) is 0 Å². The number of esters is 1. The molecular weight excluding hydrogens is 248 g/mol. The summed E-state index contributed by atoms with van der Waals surface area (Å²) in [5.41, 5.74) is 1.30. The van der Waals surface area contributed by atoms with Crippen LogP contribution in [-0.4, -0.2) is 32.6 Å². The predicted molar refractivity (Wildman–Crippen MR) is 67.7 cm³/mol. The summed E-state index contributed by atoms with van der Waals surface area (Å²) in [7, 11) is 3.04. The predicted octanol–water partition coefficient (Wildman–Crippen LogP) is 1.62. The molecule has 1 aliphatic rings. The topological polar surface area (TPSA) is 61.8 Å². The van der Waals surface area contributed by atoms with E-state index in [2.05, 4.69) is 0 Å². The van der Waals surface area contributed by atoms with Gasteiger partial charge in [-0.25, -0.2) is 0 Å². The van der Waals surface area contributed by atoms with Gasteiger partial charge in [-0.15, -0.1) is 0 Å². The monoisotopic (exact) mass is 264 g/mol. The first-order valence-corrected chi connectivity index (χ1v) is 6.08. The van der Waals surface area contributed by atoms with Crippen molar-refractivity contribution in [3.05, 3.63) is 23.3 Å². The lowest BCUT2D eigenvalue weighted by atomic mass is 10.1. The fourth-order valence-corrected chi connectivity index (χ4v) is 2.25. The number of fused-ring (bicyclic) bond motifs is 1. The largest absolute Gasteiger partial charge is 0.493 e. The van der Waals surface area contributed by atoms with Gasteiger partial charge >= 0.3 is 5.97 Å². The molecule has 0 saturated carbocycles. The van der Waals surface area contributed by atoms with Crippen LogP contribution in [0.4, 0.5) is 0 Å². The molecule has 0 bridgehead atoms. The zero-order valence-corrected chi connectivity index (χ0v) is 11.2. The molecule has 1 aromatic rings. The minimum Gasteiger partial charge on any atom is -0.493 e. The van der Waals surface area contributed by atoms with Gasteiger partial charge in [0.1, 0.15) is 5.92 Å². The molecule has 1 atom stereocenters. The van der Waals surface area contributed by atoms with E-state index in [0.717, 1.165) is 5.56 Å². The summed E-state index contributed by atoms with van der Waals surface area (Å²) in [5, 5.41) is 0. The average Bonchev–Trinajstić information content (AvgIpc) is 2.74. The molecule has 0 fully saturated rings. The van der Waals surface area contributed by atoms with E-state index < -0.39 is 11.9 Å². The van der Waals surface area contributed by atoms with Gasteiger partial charge in [-0.05, 0) is 31.0 Å². The van der Waals surface area contributed by atoms with Crippen molar-refractivity contribution >= 4 is 11.8 Å². The minimum absolute atomic E-state index is 0.214. The average molecular weight is 264 g/mol. The molecule has 0 heterocycles. The molecule has 0 aromatic heterocycles. The molecule has 0 N–H and O–H groups in total. The number of hydrogen-bond donors (Lipinski definition) is 0. The van der Waals surface area contributed by atoms with Crippen LogP contribution < -0.4 is 9.47 Å². The van der Waals surface area contributed by atoms with Gasteiger partial charge in [0.25, 0.3) is 0 Å². The standard InChI is InChI=1S/C14H16O5/c1-4-19-14(16)10-5-8-6-11(17-2)12(18-3)7-9(8)13(10)15/h6-7,10H,4-5H2,1-3H3/t10-/m1/s1. The molecule has 102 valence electrons. The zero-order valence-electron chi connectivity index (χ0n) is 11.2. The fourth-order valence-electron chi connectivity index (χ4n) is 2.25. The number of methoxy groups -OCH3 is 2. The summed E-state index contributed by atoms with van der Waals surface area (Å²) in [5.74, 6) is -0.388. The third-order valence-electron chi connectivity index (χ3n) is 3.19. The number of rotatable bonds is 4. The Morgan fingerprint density at radius 3 is 2.47 bits per heavy atom. The van der Waals surface area contributed by atoms with E-state index in [9.17, 15) is 9.59 Å². The number of benzene rings is 1. The molecule has 0 aliphatic heterocycles. The number of Topliss-reactive ketones (excluding diaryl/α,β-unsaturated/α-hetero) is 1. The van der Waals surface area contributed by atoms with Gasteiger partial charge in [-0.2, -0.15) is 0 Å². The van der Waals surface area contributed by atoms with E-state index >= 15 is 0 Å². The van der Waals surface area contributed by atoms with Crippen molar-refractivity contribution < 1.29 is 23.8 Å². The van der Waals surface area contributed by atoms with Crippen molar-refractivity contribution in [1.29, 1.82) is 0 Å². The Morgan fingerprint density at radius 1 is 1.26 bits per heavy atom. The van der Waals surface area contributed by atoms with Crippen LogP contribution in [0.5, 0.6) is 11.5 Å². The second-order valence-corrected chi connectivity index (χ2v) is 4.24. The zero-order chi connectivity index (χ0) is 14.0. The van der Waals surface area contributed by atoms with Crippen LogP contribution in [0.2, 0.25) is 0 Å². The number of carbonyl (C=O) groups excluding carboxylic acids is 2. The first kappa shape index (κ1) is 13.4. The third kappa shape index (κ3) is 2.28. The van der Waals surface area contributed by atoms with Crippen LogP contribution in [0.25, 0.3) is 0 Å². The molecule has 2 rings (SSSR count). The maximum Gasteiger partial charge on any atom is 0.317 e. The van der Waals surface area contributed by atoms with Crippen molar-refractivity contribution in [2.75, 3.05) is 20.8 Å². The summed E-state index contributed by atoms with van der Waals surface area (Å²) < 4.78 is 15.3. The van der Waals surface area contributed by atoms with Gasteiger partial charge < -0.3 is 14.2 Å². The van der Waals surface area contributed by atoms with Gasteiger partial charge in [-0.1, -0.05) is 0 Å². The van der Waals surface area contributed by atoms with Crippen LogP contribution in [0.1, 0.15) is 22.8 Å². The summed E-state index contributed by atoms with van der Waals surface area (Å²) in [6.45, 7) is 1.99. The summed E-state index contributed by atoms with van der Waals surface area (Å²) >= 11 is 0. The summed E-state index contributed by atoms with van der Waals surface area (Å²) in [6, 6.07) is 3.36. The van der Waals surface area contributed by atoms with Crippen LogP contribution in [0, 0.1) is 5.92 Å². The van der Waals surface area contributed by atoms with Crippen LogP contribution >= 0.6 is 0 Å². The molecule has 1 aromatic carbocycles. The van der Waals surface area contributed by atoms with Gasteiger partial charge in [-0.3, -0.25) is 9.59 Å². The lowest BCUT2D eigenvalue weighted by molar-refractivity contribution is -0.145. The summed E-state index contributed by atoms with van der Waals surface area (Å²) in [6.07, 6.45) is 0.355. The van der Waals surface area contributed by atoms with E-state index in [1.165, 1.54) is 14.2 Å². The van der Waals surface area contributed by atoms with E-state index in [0.29, 0.717) is 23.5 Å². The molecule has 0 amide bonds. The highest BCUT2D eigenvalue weighted by Gasteiger charge is 2.37. The van der Waals surface area contributed by atoms with E-state index in [-0.39, 0.29) is 12.4 Å². The molecule has 0 spiro atoms. The first-order valence-electron chi connectivity index (χ1n) is 6.08. The van der Waals surface area contributed by atoms with Crippen LogP contribution in [-0.2, 0) is 16.0 Å². The fraction of sp³-hybridized carbons (Fsp3) is 0.429. The highest BCUT2D eigenvalue weighted by molar-refractivity contribution is 6.12. The Labute approximate surface area is 111 Å². The van der Waals surface area contributed by atoms with E-state index in [1.807, 2.05) is 0 Å². The normalized spacial score (nSPS) is 17.0. The lowest BCUT2D eigenvalue weighted by Gasteiger charge is -2.09. The Bertz CT molecular complexity index is 521. The van der Waals surface area contributed by atoms with E-state index in [4.69, 9.17) is 14.2 Å². The Hall–Kier alpha value is -2.04. The van der Waals surface area contributed by atoms with Crippen molar-refractivity contribution in [2.45, 2.75) is 13.3 Å². The number of carbonyl (C=O) groups is 2. The first-order chi connectivity index (χ1) is 9.12. The quantitative estimate of drug-likeness (QED) is 0.611. The second kappa shape index (κ2) is 5.30. The molecule has 1 aliphatic carbocycles. The SMILES string of the molecule is CCOC(=O)[C@@H]1Cc2cc(OC)c(OC)cc2C1=O. The number of ketones is 1. The number of ether oxygens (including phenoxy) is 3. The Balaban J connectivity index is 2.35. The van der Waals surface area contributed by atoms with Crippen LogP contribution in [0.3, 0.4) is 0 Å². The van der Waals surface area contributed by atoms with Crippen molar-refractivity contribution in [1.82, 2.24) is 0 Å². The van der Waals surface area contributed by atoms with Crippen molar-refractivity contribution in [3.8, 4) is 11.5 Å². The maximum absolute atomic E-state index is 12.2. The lowest BCUT2D eigenvalue weighted by Crippen LogP contribution is -2.23. The Kier molecular flexibility index (Phi) is 3.74. The van der Waals surface area contributed by atoms with Crippen LogP contribution in [0.15, 0.2) is 12.1 Å². The molecule has 5 heteroatoms. The highest BCUT2D eigenvalue weighted by atomic mass is 16.5. The maximum atomic E-state index is 12.2.